The minimum absolute atomic E-state index is 0.00182. The van der Waals surface area contributed by atoms with E-state index < -0.39 is 5.41 Å². The van der Waals surface area contributed by atoms with Crippen LogP contribution in [-0.4, -0.2) is 25.0 Å². The molecule has 1 aromatic carbocycles. The molecule has 0 saturated carbocycles. The van der Waals surface area contributed by atoms with Gasteiger partial charge < -0.3 is 4.74 Å². The van der Waals surface area contributed by atoms with Gasteiger partial charge in [0.05, 0.1) is 29.8 Å². The van der Waals surface area contributed by atoms with Crippen LogP contribution in [0.1, 0.15) is 31.1 Å². The molecule has 102 valence electrons. The van der Waals surface area contributed by atoms with Crippen LogP contribution in [-0.2, 0) is 9.53 Å². The van der Waals surface area contributed by atoms with Gasteiger partial charge >= 0.3 is 5.97 Å². The summed E-state index contributed by atoms with van der Waals surface area (Å²) in [6, 6.07) is 7.00. The molecule has 0 atom stereocenters. The number of nitrogens with zero attached hydrogens (tertiary/aromatic N) is 1. The van der Waals surface area contributed by atoms with Crippen LogP contribution in [0.4, 0.5) is 5.69 Å². The Bertz CT molecular complexity index is 494. The van der Waals surface area contributed by atoms with Gasteiger partial charge in [-0.15, -0.1) is 0 Å². The minimum Gasteiger partial charge on any atom is -0.462 e. The summed E-state index contributed by atoms with van der Waals surface area (Å²) in [5.74, 6) is -0.332. The fourth-order valence-corrected chi connectivity index (χ4v) is 1.93. The van der Waals surface area contributed by atoms with Crippen LogP contribution in [0.2, 0.25) is 0 Å². The van der Waals surface area contributed by atoms with Gasteiger partial charge in [-0.25, -0.2) is 4.79 Å². The fraction of sp³-hybridized carbons (Fsp3) is 0.429. The Morgan fingerprint density at radius 1 is 1.37 bits per heavy atom. The van der Waals surface area contributed by atoms with E-state index in [1.165, 1.54) is 0 Å². The Morgan fingerprint density at radius 3 is 2.47 bits per heavy atom. The number of carbonyl (C=O) groups is 2. The Hall–Kier alpha value is -2.04. The summed E-state index contributed by atoms with van der Waals surface area (Å²) >= 11 is 0. The van der Waals surface area contributed by atoms with Crippen molar-refractivity contribution in [3.8, 4) is 0 Å². The van der Waals surface area contributed by atoms with Crippen molar-refractivity contribution in [1.29, 1.82) is 0 Å². The molecule has 19 heavy (non-hydrogen) atoms. The van der Waals surface area contributed by atoms with Gasteiger partial charge in [0.2, 0.25) is 5.91 Å². The van der Waals surface area contributed by atoms with Crippen LogP contribution in [0.5, 0.6) is 0 Å². The maximum Gasteiger partial charge on any atom is 0.338 e. The van der Waals surface area contributed by atoms with E-state index in [4.69, 9.17) is 4.74 Å². The lowest BCUT2D eigenvalue weighted by Gasteiger charge is -2.18. The molecule has 1 amide bonds. The highest BCUT2D eigenvalue weighted by Crippen LogP contribution is 2.26. The Balaban J connectivity index is 2.12. The van der Waals surface area contributed by atoms with E-state index >= 15 is 0 Å². The molecule has 1 N–H and O–H groups in total. The summed E-state index contributed by atoms with van der Waals surface area (Å²) in [5, 5.41) is 1.79. The fourth-order valence-electron chi connectivity index (χ4n) is 1.93. The number of carbonyl (C=O) groups excluding carboxylic acids is 2. The molecule has 5 nitrogen and oxygen atoms in total. The lowest BCUT2D eigenvalue weighted by Crippen LogP contribution is -2.33. The summed E-state index contributed by atoms with van der Waals surface area (Å²) in [4.78, 5) is 23.2. The minimum atomic E-state index is -0.403. The maximum atomic E-state index is 11.7. The highest BCUT2D eigenvalue weighted by Gasteiger charge is 2.38. The second-order valence-corrected chi connectivity index (χ2v) is 5.18. The number of nitrogens with one attached hydrogen (secondary N) is 1. The number of ether oxygens (including phenoxy) is 1. The van der Waals surface area contributed by atoms with Crippen LogP contribution in [0.25, 0.3) is 0 Å². The SMILES string of the molecule is CCOC(=O)c1ccc(N2CC(C)(C)C(=O)N2)cc1. The van der Waals surface area contributed by atoms with Gasteiger partial charge in [0, 0.05) is 0 Å². The molecule has 0 aromatic heterocycles. The van der Waals surface area contributed by atoms with Gasteiger partial charge in [0.25, 0.3) is 0 Å². The van der Waals surface area contributed by atoms with Crippen molar-refractivity contribution in [3.05, 3.63) is 29.8 Å². The van der Waals surface area contributed by atoms with Crippen molar-refractivity contribution in [2.45, 2.75) is 20.8 Å². The third-order valence-corrected chi connectivity index (χ3v) is 3.09. The second-order valence-electron chi connectivity index (χ2n) is 5.18. The smallest absolute Gasteiger partial charge is 0.338 e. The molecule has 2 rings (SSSR count). The molecule has 1 aliphatic rings. The van der Waals surface area contributed by atoms with E-state index in [0.717, 1.165) is 5.69 Å². The predicted octanol–water partition coefficient (Wildman–Crippen LogP) is 1.74. The molecule has 0 spiro atoms. The van der Waals surface area contributed by atoms with E-state index in [0.29, 0.717) is 18.7 Å². The number of benzene rings is 1. The first-order valence-corrected chi connectivity index (χ1v) is 6.30. The van der Waals surface area contributed by atoms with Gasteiger partial charge in [0.15, 0.2) is 0 Å². The molecule has 0 radical (unpaired) electrons. The molecule has 1 aliphatic heterocycles. The number of hydrogen-bond acceptors (Lipinski definition) is 4. The summed E-state index contributed by atoms with van der Waals surface area (Å²) in [6.45, 7) is 6.53. The molecule has 5 heteroatoms. The molecule has 0 unspecified atom stereocenters. The van der Waals surface area contributed by atoms with Crippen molar-refractivity contribution in [1.82, 2.24) is 5.43 Å². The first kappa shape index (κ1) is 13.4. The number of esters is 1. The lowest BCUT2D eigenvalue weighted by atomic mass is 9.94. The van der Waals surface area contributed by atoms with Gasteiger partial charge in [-0.05, 0) is 45.0 Å². The Kier molecular flexibility index (Phi) is 3.46. The number of amides is 1. The molecule has 1 saturated heterocycles. The zero-order valence-corrected chi connectivity index (χ0v) is 11.4. The molecule has 1 aromatic rings. The number of hydrogen-bond donors (Lipinski definition) is 1. The average molecular weight is 262 g/mol. The Labute approximate surface area is 112 Å². The van der Waals surface area contributed by atoms with Crippen LogP contribution in [0, 0.1) is 5.41 Å². The third-order valence-electron chi connectivity index (χ3n) is 3.09. The largest absolute Gasteiger partial charge is 0.462 e. The van der Waals surface area contributed by atoms with Crippen molar-refractivity contribution >= 4 is 17.6 Å². The predicted molar refractivity (Wildman–Crippen MR) is 71.7 cm³/mol. The van der Waals surface area contributed by atoms with Crippen LogP contribution < -0.4 is 10.4 Å². The van der Waals surface area contributed by atoms with E-state index in [1.54, 1.807) is 36.2 Å². The highest BCUT2D eigenvalue weighted by molar-refractivity contribution is 5.90. The first-order valence-electron chi connectivity index (χ1n) is 6.30. The third kappa shape index (κ3) is 2.70. The summed E-state index contributed by atoms with van der Waals surface area (Å²) in [6.07, 6.45) is 0. The summed E-state index contributed by atoms with van der Waals surface area (Å²) in [5.41, 5.74) is 3.77. The second kappa shape index (κ2) is 4.91. The van der Waals surface area contributed by atoms with Crippen molar-refractivity contribution in [2.75, 3.05) is 18.2 Å². The monoisotopic (exact) mass is 262 g/mol. The Morgan fingerprint density at radius 2 is 2.00 bits per heavy atom. The van der Waals surface area contributed by atoms with Crippen LogP contribution >= 0.6 is 0 Å². The van der Waals surface area contributed by atoms with Gasteiger partial charge in [-0.3, -0.25) is 15.2 Å². The van der Waals surface area contributed by atoms with Crippen molar-refractivity contribution < 1.29 is 14.3 Å². The number of anilines is 1. The molecule has 0 bridgehead atoms. The molecular formula is C14H18N2O3. The topological polar surface area (TPSA) is 58.6 Å². The quantitative estimate of drug-likeness (QED) is 0.843. The summed E-state index contributed by atoms with van der Waals surface area (Å²) < 4.78 is 4.92. The van der Waals surface area contributed by atoms with Crippen LogP contribution in [0.3, 0.4) is 0 Å². The van der Waals surface area contributed by atoms with E-state index in [9.17, 15) is 9.59 Å². The zero-order valence-electron chi connectivity index (χ0n) is 11.4. The number of rotatable bonds is 3. The number of hydrazine groups is 1. The highest BCUT2D eigenvalue weighted by atomic mass is 16.5. The zero-order chi connectivity index (χ0) is 14.0. The van der Waals surface area contributed by atoms with Crippen LogP contribution in [0.15, 0.2) is 24.3 Å². The van der Waals surface area contributed by atoms with Gasteiger partial charge in [-0.2, -0.15) is 0 Å². The van der Waals surface area contributed by atoms with E-state index in [-0.39, 0.29) is 11.9 Å². The van der Waals surface area contributed by atoms with Crippen molar-refractivity contribution in [2.24, 2.45) is 5.41 Å². The average Bonchev–Trinajstić information content (AvgIpc) is 2.64. The first-order chi connectivity index (χ1) is 8.94. The van der Waals surface area contributed by atoms with E-state index in [1.807, 2.05) is 13.8 Å². The summed E-state index contributed by atoms with van der Waals surface area (Å²) in [7, 11) is 0. The van der Waals surface area contributed by atoms with Gasteiger partial charge in [-0.1, -0.05) is 0 Å². The standard InChI is InChI=1S/C14H18N2O3/c1-4-19-12(17)10-5-7-11(8-6-10)16-9-14(2,3)13(18)15-16/h5-8H,4,9H2,1-3H3,(H,15,18). The normalized spacial score (nSPS) is 17.2. The molecular weight excluding hydrogens is 244 g/mol. The lowest BCUT2D eigenvalue weighted by molar-refractivity contribution is -0.125. The maximum absolute atomic E-state index is 11.7. The van der Waals surface area contributed by atoms with Gasteiger partial charge in [0.1, 0.15) is 0 Å². The molecule has 1 fully saturated rings. The molecule has 0 aliphatic carbocycles. The van der Waals surface area contributed by atoms with E-state index in [2.05, 4.69) is 5.43 Å². The molecule has 1 heterocycles. The van der Waals surface area contributed by atoms with Crippen molar-refractivity contribution in [3.63, 3.8) is 0 Å².